The quantitative estimate of drug-likeness (QED) is 0.628. The number of aromatic hydroxyl groups is 1. The number of aromatic nitrogens is 1. The van der Waals surface area contributed by atoms with Gasteiger partial charge in [-0.1, -0.05) is 6.07 Å². The predicted octanol–water partition coefficient (Wildman–Crippen LogP) is 0.217. The van der Waals surface area contributed by atoms with Crippen molar-refractivity contribution in [3.8, 4) is 5.75 Å². The standard InChI is InChI=1S/C13H8F3N2O.Li/c14-13(15,16)8-4-5-11(19)9(7-8)12(17)10-3-1-2-6-18-10;/h1-7,19H;/q-1;+1. The molecule has 0 aliphatic heterocycles. The molecule has 1 heterocycles. The largest absolute Gasteiger partial charge is 1.00 e. The van der Waals surface area contributed by atoms with E-state index in [9.17, 15) is 23.7 Å². The molecule has 2 aromatic rings. The zero-order valence-corrected chi connectivity index (χ0v) is 10.5. The van der Waals surface area contributed by atoms with Gasteiger partial charge in [-0.15, -0.1) is 5.71 Å². The number of phenols is 1. The topological polar surface area (TPSA) is 55.4 Å². The first-order valence-corrected chi connectivity index (χ1v) is 5.27. The van der Waals surface area contributed by atoms with Crippen LogP contribution in [-0.4, -0.2) is 15.8 Å². The van der Waals surface area contributed by atoms with E-state index in [0.717, 1.165) is 12.1 Å². The normalized spacial score (nSPS) is 10.8. The van der Waals surface area contributed by atoms with Gasteiger partial charge in [0.2, 0.25) is 0 Å². The van der Waals surface area contributed by atoms with Crippen LogP contribution in [0.4, 0.5) is 13.2 Å². The Bertz CT molecular complexity index is 615. The Kier molecular flexibility index (Phi) is 4.98. The minimum atomic E-state index is -4.55. The third-order valence-corrected chi connectivity index (χ3v) is 2.49. The summed E-state index contributed by atoms with van der Waals surface area (Å²) >= 11 is 0. The molecule has 0 amide bonds. The number of alkyl halides is 3. The van der Waals surface area contributed by atoms with Gasteiger partial charge in [0, 0.05) is 17.5 Å². The number of hydrogen-bond donors (Lipinski definition) is 1. The third-order valence-electron chi connectivity index (χ3n) is 2.49. The maximum absolute atomic E-state index is 12.6. The molecule has 0 saturated heterocycles. The predicted molar refractivity (Wildman–Crippen MR) is 63.9 cm³/mol. The molecule has 98 valence electrons. The zero-order chi connectivity index (χ0) is 14.0. The first-order chi connectivity index (χ1) is 8.89. The molecule has 2 rings (SSSR count). The van der Waals surface area contributed by atoms with Crippen LogP contribution < -0.4 is 18.9 Å². The summed E-state index contributed by atoms with van der Waals surface area (Å²) in [6, 6.07) is 6.90. The van der Waals surface area contributed by atoms with Gasteiger partial charge in [0.05, 0.1) is 5.56 Å². The molecule has 7 heteroatoms. The molecule has 0 fully saturated rings. The van der Waals surface area contributed by atoms with Crippen LogP contribution in [0.3, 0.4) is 0 Å². The van der Waals surface area contributed by atoms with Crippen LogP contribution >= 0.6 is 0 Å². The average molecular weight is 272 g/mol. The van der Waals surface area contributed by atoms with Gasteiger partial charge in [-0.25, -0.2) is 0 Å². The number of hydrogen-bond acceptors (Lipinski definition) is 2. The van der Waals surface area contributed by atoms with Crippen molar-refractivity contribution < 1.29 is 37.1 Å². The summed E-state index contributed by atoms with van der Waals surface area (Å²) in [6.45, 7) is 0. The fraction of sp³-hybridized carbons (Fsp3) is 0.0769. The van der Waals surface area contributed by atoms with Crippen molar-refractivity contribution in [3.05, 3.63) is 64.8 Å². The Morgan fingerprint density at radius 1 is 1.15 bits per heavy atom. The van der Waals surface area contributed by atoms with Crippen molar-refractivity contribution in [3.63, 3.8) is 0 Å². The Labute approximate surface area is 125 Å². The molecular formula is C13H8F3LiN2O. The molecule has 0 spiro atoms. The molecule has 0 bridgehead atoms. The van der Waals surface area contributed by atoms with Gasteiger partial charge >= 0.3 is 25.0 Å². The summed E-state index contributed by atoms with van der Waals surface area (Å²) < 4.78 is 37.7. The van der Waals surface area contributed by atoms with Crippen LogP contribution in [-0.2, 0) is 6.18 Å². The molecule has 20 heavy (non-hydrogen) atoms. The first kappa shape index (κ1) is 16.3. The Morgan fingerprint density at radius 3 is 2.40 bits per heavy atom. The van der Waals surface area contributed by atoms with Gasteiger partial charge in [-0.05, 0) is 30.3 Å². The maximum atomic E-state index is 12.6. The van der Waals surface area contributed by atoms with Crippen LogP contribution in [0.1, 0.15) is 16.8 Å². The molecule has 1 aromatic carbocycles. The minimum absolute atomic E-state index is 0. The van der Waals surface area contributed by atoms with E-state index in [1.165, 1.54) is 12.3 Å². The molecule has 0 aliphatic carbocycles. The smallest absolute Gasteiger partial charge is 0.802 e. The Morgan fingerprint density at radius 2 is 1.85 bits per heavy atom. The summed E-state index contributed by atoms with van der Waals surface area (Å²) in [5.41, 5.74) is -1.70. The molecule has 0 radical (unpaired) electrons. The molecule has 1 N–H and O–H groups in total. The SMILES string of the molecule is [Li+].[N-]=C(c1ccccn1)c1cc(C(F)(F)F)ccc1O. The van der Waals surface area contributed by atoms with E-state index in [2.05, 4.69) is 4.98 Å². The van der Waals surface area contributed by atoms with E-state index in [1.807, 2.05) is 0 Å². The summed E-state index contributed by atoms with van der Waals surface area (Å²) in [4.78, 5) is 3.81. The van der Waals surface area contributed by atoms with Gasteiger partial charge in [-0.3, -0.25) is 4.98 Å². The molecule has 0 aliphatic rings. The van der Waals surface area contributed by atoms with Gasteiger partial charge in [0.25, 0.3) is 0 Å². The minimum Gasteiger partial charge on any atom is -0.802 e. The monoisotopic (exact) mass is 272 g/mol. The molecule has 0 unspecified atom stereocenters. The van der Waals surface area contributed by atoms with Gasteiger partial charge < -0.3 is 10.5 Å². The van der Waals surface area contributed by atoms with Gasteiger partial charge in [0.1, 0.15) is 5.75 Å². The van der Waals surface area contributed by atoms with E-state index in [4.69, 9.17) is 0 Å². The number of phenolic OH excluding ortho intramolecular Hbond substituents is 1. The summed E-state index contributed by atoms with van der Waals surface area (Å²) in [5, 5.41) is 19.4. The first-order valence-electron chi connectivity index (χ1n) is 5.27. The fourth-order valence-corrected chi connectivity index (χ4v) is 1.54. The number of pyridine rings is 1. The third kappa shape index (κ3) is 3.41. The summed E-state index contributed by atoms with van der Waals surface area (Å²) in [6.07, 6.45) is -3.16. The second-order valence-corrected chi connectivity index (χ2v) is 3.79. The Balaban J connectivity index is 0.00000200. The molecule has 0 atom stereocenters. The number of rotatable bonds is 2. The van der Waals surface area contributed by atoms with E-state index in [-0.39, 0.29) is 30.1 Å². The van der Waals surface area contributed by atoms with Crippen molar-refractivity contribution in [2.24, 2.45) is 0 Å². The Hall–Kier alpha value is -1.77. The molecular weight excluding hydrogens is 264 g/mol. The number of nitrogens with zero attached hydrogens (tertiary/aromatic N) is 2. The second-order valence-electron chi connectivity index (χ2n) is 3.79. The van der Waals surface area contributed by atoms with E-state index >= 15 is 0 Å². The number of halogens is 3. The summed E-state index contributed by atoms with van der Waals surface area (Å²) in [7, 11) is 0. The van der Waals surface area contributed by atoms with Crippen LogP contribution in [0.2, 0.25) is 0 Å². The maximum Gasteiger partial charge on any atom is 1.00 e. The van der Waals surface area contributed by atoms with Crippen LogP contribution in [0, 0.1) is 0 Å². The fourth-order valence-electron chi connectivity index (χ4n) is 1.54. The second kappa shape index (κ2) is 6.12. The van der Waals surface area contributed by atoms with Gasteiger partial charge in [-0.2, -0.15) is 13.2 Å². The average Bonchev–Trinajstić information content (AvgIpc) is 2.38. The van der Waals surface area contributed by atoms with Crippen molar-refractivity contribution in [2.75, 3.05) is 0 Å². The molecule has 0 saturated carbocycles. The van der Waals surface area contributed by atoms with Crippen molar-refractivity contribution in [1.29, 1.82) is 0 Å². The van der Waals surface area contributed by atoms with E-state index < -0.39 is 23.2 Å². The molecule has 1 aromatic heterocycles. The molecule has 3 nitrogen and oxygen atoms in total. The van der Waals surface area contributed by atoms with Crippen LogP contribution in [0.25, 0.3) is 5.41 Å². The van der Waals surface area contributed by atoms with Crippen molar-refractivity contribution in [1.82, 2.24) is 4.98 Å². The van der Waals surface area contributed by atoms with E-state index in [1.54, 1.807) is 12.1 Å². The van der Waals surface area contributed by atoms with Crippen molar-refractivity contribution in [2.45, 2.75) is 6.18 Å². The van der Waals surface area contributed by atoms with Crippen molar-refractivity contribution >= 4 is 5.71 Å². The summed E-state index contributed by atoms with van der Waals surface area (Å²) in [5.74, 6) is -0.448. The van der Waals surface area contributed by atoms with Crippen LogP contribution in [0.15, 0.2) is 42.6 Å². The van der Waals surface area contributed by atoms with Crippen LogP contribution in [0.5, 0.6) is 5.75 Å². The van der Waals surface area contributed by atoms with E-state index in [0.29, 0.717) is 6.07 Å². The number of benzene rings is 1. The van der Waals surface area contributed by atoms with Gasteiger partial charge in [0.15, 0.2) is 0 Å². The zero-order valence-electron chi connectivity index (χ0n) is 10.5.